The number of nitrogens with zero attached hydrogens (tertiary/aromatic N) is 3. The summed E-state index contributed by atoms with van der Waals surface area (Å²) in [5, 5.41) is 0. The minimum Gasteiger partial charge on any atom is -0.256 e. The first-order valence-electron chi connectivity index (χ1n) is 14.3. The molecule has 37 heavy (non-hydrogen) atoms. The van der Waals surface area contributed by atoms with Gasteiger partial charge in [-0.05, 0) is 39.7 Å². The molecule has 0 aliphatic carbocycles. The van der Waals surface area contributed by atoms with Gasteiger partial charge in [-0.2, -0.15) is 4.57 Å². The van der Waals surface area contributed by atoms with E-state index in [0.717, 1.165) is 67.7 Å². The van der Waals surface area contributed by atoms with Crippen molar-refractivity contribution in [1.82, 2.24) is 4.57 Å². The van der Waals surface area contributed by atoms with Gasteiger partial charge in [0.1, 0.15) is 0 Å². The van der Waals surface area contributed by atoms with Gasteiger partial charge in [0, 0.05) is 24.5 Å². The van der Waals surface area contributed by atoms with Gasteiger partial charge in [-0.3, -0.25) is 9.59 Å². The van der Waals surface area contributed by atoms with Crippen molar-refractivity contribution in [3.63, 3.8) is 0 Å². The Morgan fingerprint density at radius 3 is 2.03 bits per heavy atom. The third kappa shape index (κ3) is 7.09. The van der Waals surface area contributed by atoms with E-state index < -0.39 is 5.54 Å². The van der Waals surface area contributed by atoms with Gasteiger partial charge >= 0.3 is 0 Å². The third-order valence-electron chi connectivity index (χ3n) is 6.90. The lowest BCUT2D eigenvalue weighted by Crippen LogP contribution is -2.49. The number of rotatable bonds is 13. The number of hydrogen-bond donors (Lipinski definition) is 0. The minimum absolute atomic E-state index is 0.0783. The first-order chi connectivity index (χ1) is 17.8. The molecule has 0 aliphatic heterocycles. The summed E-state index contributed by atoms with van der Waals surface area (Å²) in [5.74, 6) is 0.951. The number of anilines is 1. The van der Waals surface area contributed by atoms with Gasteiger partial charge < -0.3 is 0 Å². The predicted octanol–water partition coefficient (Wildman–Crippen LogP) is 8.00. The standard InChI is InChI=1S/C32H46N3O2/c1-6-8-10-12-17-23-28(36)34-27-22-18-19-25-33(27)31(30(34)26-20-14-13-15-21-26)35(32(3,4)5)29(37)24-16-11-9-7-2/h13-15,18-22,25H,6-12,16-17,23-24H2,1-5H3/q+1. The Bertz CT molecular complexity index is 1160. The number of pyridine rings is 1. The van der Waals surface area contributed by atoms with Crippen LogP contribution in [0.5, 0.6) is 0 Å². The zero-order valence-corrected chi connectivity index (χ0v) is 23.6. The first kappa shape index (κ1) is 28.6. The van der Waals surface area contributed by atoms with E-state index in [9.17, 15) is 9.59 Å². The van der Waals surface area contributed by atoms with Crippen LogP contribution in [-0.4, -0.2) is 21.9 Å². The molecule has 0 aliphatic rings. The van der Waals surface area contributed by atoms with E-state index in [-0.39, 0.29) is 11.8 Å². The van der Waals surface area contributed by atoms with Gasteiger partial charge in [-0.15, -0.1) is 0 Å². The van der Waals surface area contributed by atoms with Gasteiger partial charge in [0.05, 0.1) is 11.7 Å². The van der Waals surface area contributed by atoms with Crippen molar-refractivity contribution in [3.8, 4) is 11.3 Å². The molecular weight excluding hydrogens is 458 g/mol. The minimum atomic E-state index is -0.462. The topological polar surface area (TPSA) is 46.4 Å². The molecule has 200 valence electrons. The molecule has 0 saturated carbocycles. The Morgan fingerprint density at radius 1 is 0.784 bits per heavy atom. The number of carbonyl (C=O) groups is 2. The van der Waals surface area contributed by atoms with Gasteiger partial charge in [0.15, 0.2) is 5.69 Å². The van der Waals surface area contributed by atoms with Crippen molar-refractivity contribution in [2.45, 2.75) is 111 Å². The predicted molar refractivity (Wildman–Crippen MR) is 153 cm³/mol. The summed E-state index contributed by atoms with van der Waals surface area (Å²) < 4.78 is 3.89. The van der Waals surface area contributed by atoms with Gasteiger partial charge in [-0.1, -0.05) is 95.2 Å². The van der Waals surface area contributed by atoms with Crippen LogP contribution in [0.25, 0.3) is 16.9 Å². The zero-order valence-electron chi connectivity index (χ0n) is 23.6. The molecule has 5 heteroatoms. The van der Waals surface area contributed by atoms with E-state index in [1.165, 1.54) is 12.8 Å². The van der Waals surface area contributed by atoms with E-state index in [0.29, 0.717) is 12.8 Å². The van der Waals surface area contributed by atoms with E-state index in [4.69, 9.17) is 0 Å². The molecule has 0 unspecified atom stereocenters. The Hall–Kier alpha value is -2.95. The molecule has 0 bridgehead atoms. The van der Waals surface area contributed by atoms with Crippen LogP contribution in [0.15, 0.2) is 54.7 Å². The molecular formula is C32H46N3O2+. The Kier molecular flexibility index (Phi) is 10.5. The molecule has 3 rings (SSSR count). The first-order valence-corrected chi connectivity index (χ1v) is 14.3. The fourth-order valence-electron chi connectivity index (χ4n) is 5.06. The van der Waals surface area contributed by atoms with Crippen molar-refractivity contribution in [2.75, 3.05) is 4.90 Å². The molecule has 0 spiro atoms. The maximum Gasteiger partial charge on any atom is 0.287 e. The second kappa shape index (κ2) is 13.6. The van der Waals surface area contributed by atoms with Crippen molar-refractivity contribution >= 4 is 23.3 Å². The van der Waals surface area contributed by atoms with E-state index in [2.05, 4.69) is 34.6 Å². The van der Waals surface area contributed by atoms with E-state index >= 15 is 0 Å². The highest BCUT2D eigenvalue weighted by Gasteiger charge is 2.41. The average molecular weight is 505 g/mol. The molecule has 0 N–H and O–H groups in total. The molecule has 0 atom stereocenters. The monoisotopic (exact) mass is 504 g/mol. The van der Waals surface area contributed by atoms with Gasteiger partial charge in [-0.25, -0.2) is 9.30 Å². The molecule has 1 aromatic carbocycles. The number of benzene rings is 1. The summed E-state index contributed by atoms with van der Waals surface area (Å²) in [4.78, 5) is 29.6. The third-order valence-corrected chi connectivity index (χ3v) is 6.90. The highest BCUT2D eigenvalue weighted by molar-refractivity contribution is 5.99. The molecule has 5 nitrogen and oxygen atoms in total. The van der Waals surface area contributed by atoms with Crippen molar-refractivity contribution in [2.24, 2.45) is 0 Å². The number of unbranched alkanes of at least 4 members (excludes halogenated alkanes) is 7. The summed E-state index contributed by atoms with van der Waals surface area (Å²) in [7, 11) is 0. The Balaban J connectivity index is 2.16. The van der Waals surface area contributed by atoms with E-state index in [1.807, 2.05) is 68.6 Å². The Morgan fingerprint density at radius 2 is 1.38 bits per heavy atom. The highest BCUT2D eigenvalue weighted by Crippen LogP contribution is 2.35. The van der Waals surface area contributed by atoms with Crippen molar-refractivity contribution in [3.05, 3.63) is 54.7 Å². The number of imidazole rings is 1. The van der Waals surface area contributed by atoms with Crippen LogP contribution in [0.3, 0.4) is 0 Å². The fraction of sp³-hybridized carbons (Fsp3) is 0.531. The van der Waals surface area contributed by atoms with Crippen LogP contribution < -0.4 is 9.30 Å². The lowest BCUT2D eigenvalue weighted by atomic mass is 10.0. The smallest absolute Gasteiger partial charge is 0.256 e. The van der Waals surface area contributed by atoms with Crippen LogP contribution >= 0.6 is 0 Å². The molecule has 2 heterocycles. The zero-order chi connectivity index (χ0) is 26.8. The van der Waals surface area contributed by atoms with Crippen LogP contribution in [0.2, 0.25) is 0 Å². The lowest BCUT2D eigenvalue weighted by molar-refractivity contribution is -0.496. The quantitative estimate of drug-likeness (QED) is 0.175. The average Bonchev–Trinajstić information content (AvgIpc) is 3.21. The van der Waals surface area contributed by atoms with Crippen molar-refractivity contribution in [1.29, 1.82) is 0 Å². The number of aromatic nitrogens is 2. The normalized spacial score (nSPS) is 11.7. The summed E-state index contributed by atoms with van der Waals surface area (Å²) in [6.07, 6.45) is 12.6. The Labute approximate surface area is 223 Å². The highest BCUT2D eigenvalue weighted by atomic mass is 16.2. The second-order valence-corrected chi connectivity index (χ2v) is 11.1. The number of hydrogen-bond acceptors (Lipinski definition) is 2. The lowest BCUT2D eigenvalue weighted by Gasteiger charge is -2.30. The largest absolute Gasteiger partial charge is 0.287 e. The maximum atomic E-state index is 13.9. The molecule has 2 aromatic heterocycles. The number of fused-ring (bicyclic) bond motifs is 1. The SMILES string of the molecule is CCCCCCCC(=O)n1c(-c2ccccc2)c(N(C(=O)CCCCCC)C(C)(C)C)[n+]2ccccc12. The van der Waals surface area contributed by atoms with Crippen molar-refractivity contribution < 1.29 is 14.0 Å². The summed E-state index contributed by atoms with van der Waals surface area (Å²) in [6.45, 7) is 10.6. The van der Waals surface area contributed by atoms with Crippen LogP contribution in [0.4, 0.5) is 5.82 Å². The molecule has 0 fully saturated rings. The molecule has 1 amide bonds. The van der Waals surface area contributed by atoms with Gasteiger partial charge in [0.25, 0.3) is 17.6 Å². The molecule has 0 radical (unpaired) electrons. The van der Waals surface area contributed by atoms with Crippen LogP contribution in [-0.2, 0) is 4.79 Å². The van der Waals surface area contributed by atoms with Gasteiger partial charge in [0.2, 0.25) is 5.65 Å². The number of amides is 1. The summed E-state index contributed by atoms with van der Waals surface area (Å²) >= 11 is 0. The van der Waals surface area contributed by atoms with Crippen LogP contribution in [0.1, 0.15) is 110 Å². The van der Waals surface area contributed by atoms with Crippen LogP contribution in [0, 0.1) is 0 Å². The second-order valence-electron chi connectivity index (χ2n) is 11.1. The maximum absolute atomic E-state index is 13.9. The summed E-state index contributed by atoms with van der Waals surface area (Å²) in [6, 6.07) is 16.0. The molecule has 3 aromatic rings. The number of carbonyl (C=O) groups excluding carboxylic acids is 2. The summed E-state index contributed by atoms with van der Waals surface area (Å²) in [5.41, 5.74) is 2.06. The van der Waals surface area contributed by atoms with E-state index in [1.54, 1.807) is 0 Å². The fourth-order valence-corrected chi connectivity index (χ4v) is 5.06. The molecule has 0 saturated heterocycles.